The van der Waals surface area contributed by atoms with Gasteiger partial charge in [-0.15, -0.1) is 0 Å². The first kappa shape index (κ1) is 8.00. The van der Waals surface area contributed by atoms with Crippen molar-refractivity contribution in [2.24, 2.45) is 0 Å². The molecule has 0 saturated heterocycles. The van der Waals surface area contributed by atoms with E-state index in [9.17, 15) is 9.59 Å². The average molecular weight is 192 g/mol. The van der Waals surface area contributed by atoms with Crippen molar-refractivity contribution in [1.29, 1.82) is 0 Å². The van der Waals surface area contributed by atoms with Crippen LogP contribution in [0.2, 0.25) is 0 Å². The van der Waals surface area contributed by atoms with Crippen molar-refractivity contribution in [2.75, 3.05) is 0 Å². The largest absolute Gasteiger partial charge is 0.298 e. The molecule has 64 valence electrons. The van der Waals surface area contributed by atoms with Gasteiger partial charge in [0.15, 0.2) is 12.6 Å². The van der Waals surface area contributed by atoms with Gasteiger partial charge in [0.05, 0.1) is 11.7 Å². The zero-order valence-corrected chi connectivity index (χ0v) is 7.25. The molecule has 0 unspecified atom stereocenters. The first-order valence-electron chi connectivity index (χ1n) is 3.52. The van der Waals surface area contributed by atoms with E-state index in [2.05, 4.69) is 8.75 Å². The van der Waals surface area contributed by atoms with E-state index >= 15 is 0 Å². The Bertz CT molecular complexity index is 436. The quantitative estimate of drug-likeness (QED) is 0.673. The maximum absolute atomic E-state index is 10.6. The molecule has 0 radical (unpaired) electrons. The fraction of sp³-hybridized carbons (Fsp3) is 0. The predicted molar refractivity (Wildman–Crippen MR) is 48.2 cm³/mol. The van der Waals surface area contributed by atoms with E-state index in [1.807, 2.05) is 0 Å². The van der Waals surface area contributed by atoms with Crippen LogP contribution < -0.4 is 0 Å². The minimum absolute atomic E-state index is 0.467. The van der Waals surface area contributed by atoms with Gasteiger partial charge >= 0.3 is 0 Å². The molecular formula is C8H4N2O2S. The minimum atomic E-state index is 0.467. The summed E-state index contributed by atoms with van der Waals surface area (Å²) in [7, 11) is 0. The van der Waals surface area contributed by atoms with Gasteiger partial charge in [-0.2, -0.15) is 8.75 Å². The SMILES string of the molecule is O=Cc1ccc(C=O)c2nsnc12. The minimum Gasteiger partial charge on any atom is -0.298 e. The molecule has 0 amide bonds. The van der Waals surface area contributed by atoms with Gasteiger partial charge in [-0.05, 0) is 12.1 Å². The molecule has 5 heteroatoms. The van der Waals surface area contributed by atoms with E-state index < -0.39 is 0 Å². The highest BCUT2D eigenvalue weighted by molar-refractivity contribution is 7.00. The lowest BCUT2D eigenvalue weighted by Gasteiger charge is -1.93. The molecule has 0 N–H and O–H groups in total. The van der Waals surface area contributed by atoms with Crippen LogP contribution in [0.15, 0.2) is 12.1 Å². The zero-order valence-electron chi connectivity index (χ0n) is 6.43. The molecular weight excluding hydrogens is 188 g/mol. The summed E-state index contributed by atoms with van der Waals surface area (Å²) in [6, 6.07) is 3.14. The van der Waals surface area contributed by atoms with Crippen LogP contribution in [0.4, 0.5) is 0 Å². The lowest BCUT2D eigenvalue weighted by atomic mass is 10.1. The molecule has 0 aliphatic carbocycles. The number of rotatable bonds is 2. The molecule has 4 nitrogen and oxygen atoms in total. The van der Waals surface area contributed by atoms with Crippen LogP contribution >= 0.6 is 11.7 Å². The number of fused-ring (bicyclic) bond motifs is 1. The van der Waals surface area contributed by atoms with Crippen LogP contribution in [0.25, 0.3) is 11.0 Å². The maximum atomic E-state index is 10.6. The normalized spacial score (nSPS) is 10.2. The summed E-state index contributed by atoms with van der Waals surface area (Å²) in [5.41, 5.74) is 1.94. The number of carbonyl (C=O) groups is 2. The van der Waals surface area contributed by atoms with Crippen molar-refractivity contribution in [3.8, 4) is 0 Å². The fourth-order valence-electron chi connectivity index (χ4n) is 1.10. The molecule has 0 fully saturated rings. The van der Waals surface area contributed by atoms with Gasteiger partial charge < -0.3 is 0 Å². The second-order valence-electron chi connectivity index (χ2n) is 2.44. The Balaban J connectivity index is 2.88. The number of benzene rings is 1. The summed E-state index contributed by atoms with van der Waals surface area (Å²) in [6.45, 7) is 0. The Morgan fingerprint density at radius 3 is 1.85 bits per heavy atom. The second-order valence-corrected chi connectivity index (χ2v) is 2.97. The van der Waals surface area contributed by atoms with E-state index in [1.165, 1.54) is 0 Å². The van der Waals surface area contributed by atoms with Crippen LogP contribution in [0.3, 0.4) is 0 Å². The number of hydrogen-bond acceptors (Lipinski definition) is 5. The van der Waals surface area contributed by atoms with E-state index in [-0.39, 0.29) is 0 Å². The highest BCUT2D eigenvalue weighted by atomic mass is 32.1. The van der Waals surface area contributed by atoms with Crippen molar-refractivity contribution < 1.29 is 9.59 Å². The third-order valence-corrected chi connectivity index (χ3v) is 2.26. The Kier molecular flexibility index (Phi) is 1.86. The third kappa shape index (κ3) is 1.13. The van der Waals surface area contributed by atoms with Crippen molar-refractivity contribution >= 4 is 35.3 Å². The molecule has 0 bridgehead atoms. The molecule has 13 heavy (non-hydrogen) atoms. The highest BCUT2D eigenvalue weighted by Gasteiger charge is 2.08. The van der Waals surface area contributed by atoms with E-state index in [1.54, 1.807) is 12.1 Å². The van der Waals surface area contributed by atoms with Crippen molar-refractivity contribution in [3.63, 3.8) is 0 Å². The van der Waals surface area contributed by atoms with Crippen LogP contribution in [0, 0.1) is 0 Å². The monoisotopic (exact) mass is 192 g/mol. The highest BCUT2D eigenvalue weighted by Crippen LogP contribution is 2.18. The van der Waals surface area contributed by atoms with E-state index in [0.29, 0.717) is 34.7 Å². The molecule has 2 aromatic rings. The first-order chi connectivity index (χ1) is 6.36. The van der Waals surface area contributed by atoms with E-state index in [0.717, 1.165) is 11.7 Å². The van der Waals surface area contributed by atoms with Gasteiger partial charge in [-0.1, -0.05) is 0 Å². The van der Waals surface area contributed by atoms with Crippen LogP contribution in [0.5, 0.6) is 0 Å². The smallest absolute Gasteiger partial charge is 0.152 e. The fourth-order valence-corrected chi connectivity index (χ4v) is 1.68. The molecule has 1 aromatic carbocycles. The molecule has 0 atom stereocenters. The Hall–Kier alpha value is -1.62. The molecule has 1 aromatic heterocycles. The maximum Gasteiger partial charge on any atom is 0.152 e. The van der Waals surface area contributed by atoms with Gasteiger partial charge in [0.1, 0.15) is 11.0 Å². The van der Waals surface area contributed by atoms with Gasteiger partial charge in [-0.3, -0.25) is 9.59 Å². The Morgan fingerprint density at radius 2 is 1.46 bits per heavy atom. The zero-order chi connectivity index (χ0) is 9.26. The summed E-state index contributed by atoms with van der Waals surface area (Å²) in [5.74, 6) is 0. The van der Waals surface area contributed by atoms with Gasteiger partial charge in [0.2, 0.25) is 0 Å². The number of nitrogens with zero attached hydrogens (tertiary/aromatic N) is 2. The summed E-state index contributed by atoms with van der Waals surface area (Å²) >= 11 is 0.994. The van der Waals surface area contributed by atoms with Gasteiger partial charge in [-0.25, -0.2) is 0 Å². The standard InChI is InChI=1S/C8H4N2O2S/c11-3-5-1-2-6(4-12)8-7(5)9-13-10-8/h1-4H. The van der Waals surface area contributed by atoms with Crippen LogP contribution in [-0.2, 0) is 0 Å². The number of carbonyl (C=O) groups excluding carboxylic acids is 2. The van der Waals surface area contributed by atoms with Crippen LogP contribution in [0.1, 0.15) is 20.7 Å². The van der Waals surface area contributed by atoms with Crippen molar-refractivity contribution in [2.45, 2.75) is 0 Å². The van der Waals surface area contributed by atoms with Gasteiger partial charge in [0, 0.05) is 11.1 Å². The summed E-state index contributed by atoms with van der Waals surface area (Å²) in [6.07, 6.45) is 1.41. The molecule has 0 spiro atoms. The topological polar surface area (TPSA) is 59.9 Å². The number of aromatic nitrogens is 2. The van der Waals surface area contributed by atoms with Crippen molar-refractivity contribution in [3.05, 3.63) is 23.3 Å². The van der Waals surface area contributed by atoms with Crippen LogP contribution in [-0.4, -0.2) is 21.3 Å². The average Bonchev–Trinajstić information content (AvgIpc) is 2.64. The summed E-state index contributed by atoms with van der Waals surface area (Å²) in [4.78, 5) is 21.1. The van der Waals surface area contributed by atoms with Gasteiger partial charge in [0.25, 0.3) is 0 Å². The lowest BCUT2D eigenvalue weighted by Crippen LogP contribution is -1.87. The number of aldehydes is 2. The Morgan fingerprint density at radius 1 is 1.00 bits per heavy atom. The third-order valence-electron chi connectivity index (χ3n) is 1.73. The molecule has 0 aliphatic heterocycles. The molecule has 0 aliphatic rings. The van der Waals surface area contributed by atoms with Crippen molar-refractivity contribution in [1.82, 2.24) is 8.75 Å². The summed E-state index contributed by atoms with van der Waals surface area (Å²) in [5, 5.41) is 0. The Labute approximate surface area is 77.5 Å². The number of hydrogen-bond donors (Lipinski definition) is 0. The lowest BCUT2D eigenvalue weighted by molar-refractivity contribution is 0.111. The molecule has 1 heterocycles. The molecule has 0 saturated carbocycles. The molecule has 2 rings (SSSR count). The second kappa shape index (κ2) is 3.02. The first-order valence-corrected chi connectivity index (χ1v) is 4.25. The van der Waals surface area contributed by atoms with E-state index in [4.69, 9.17) is 0 Å². The predicted octanol–water partition coefficient (Wildman–Crippen LogP) is 1.32. The summed E-state index contributed by atoms with van der Waals surface area (Å²) < 4.78 is 7.88.